The van der Waals surface area contributed by atoms with E-state index in [1.807, 2.05) is 0 Å². The summed E-state index contributed by atoms with van der Waals surface area (Å²) in [5.74, 6) is 0.522. The van der Waals surface area contributed by atoms with Crippen LogP contribution in [0.25, 0.3) is 0 Å². The van der Waals surface area contributed by atoms with Crippen molar-refractivity contribution >= 4 is 18.3 Å². The number of carbonyl (C=O) groups excluding carboxylic acids is 1. The van der Waals surface area contributed by atoms with Crippen LogP contribution in [0.2, 0.25) is 0 Å². The molecule has 1 saturated heterocycles. The second kappa shape index (κ2) is 7.07. The molecule has 1 amide bonds. The van der Waals surface area contributed by atoms with Crippen molar-refractivity contribution in [3.05, 3.63) is 35.4 Å². The Labute approximate surface area is 125 Å². The van der Waals surface area contributed by atoms with E-state index in [1.165, 1.54) is 11.1 Å². The van der Waals surface area contributed by atoms with Crippen LogP contribution in [0, 0.1) is 0 Å². The second-order valence-electron chi connectivity index (χ2n) is 5.26. The van der Waals surface area contributed by atoms with E-state index in [0.29, 0.717) is 19.1 Å². The van der Waals surface area contributed by atoms with Crippen molar-refractivity contribution in [1.29, 1.82) is 0 Å². The van der Waals surface area contributed by atoms with Crippen LogP contribution in [-0.4, -0.2) is 38.3 Å². The Morgan fingerprint density at radius 2 is 2.25 bits per heavy atom. The van der Waals surface area contributed by atoms with Gasteiger partial charge >= 0.3 is 0 Å². The molecule has 1 heterocycles. The molecular formula is C15H21ClN2O2. The van der Waals surface area contributed by atoms with Gasteiger partial charge in [-0.2, -0.15) is 0 Å². The Bertz CT molecular complexity index is 461. The maximum atomic E-state index is 12.0. The number of hydrogen-bond acceptors (Lipinski definition) is 3. The van der Waals surface area contributed by atoms with Crippen LogP contribution in [0.15, 0.2) is 24.3 Å². The molecule has 1 aromatic rings. The molecule has 4 nitrogen and oxygen atoms in total. The number of ether oxygens (including phenoxy) is 1. The van der Waals surface area contributed by atoms with Gasteiger partial charge in [-0.1, -0.05) is 24.3 Å². The highest BCUT2D eigenvalue weighted by atomic mass is 35.5. The molecule has 20 heavy (non-hydrogen) atoms. The van der Waals surface area contributed by atoms with Gasteiger partial charge in [0.1, 0.15) is 6.04 Å². The zero-order chi connectivity index (χ0) is 13.1. The molecule has 110 valence electrons. The van der Waals surface area contributed by atoms with Crippen LogP contribution < -0.4 is 10.6 Å². The lowest BCUT2D eigenvalue weighted by Gasteiger charge is -2.23. The summed E-state index contributed by atoms with van der Waals surface area (Å²) < 4.78 is 5.31. The van der Waals surface area contributed by atoms with Gasteiger partial charge in [0.25, 0.3) is 0 Å². The van der Waals surface area contributed by atoms with Crippen molar-refractivity contribution in [2.45, 2.75) is 24.8 Å². The van der Waals surface area contributed by atoms with E-state index in [1.54, 1.807) is 0 Å². The fourth-order valence-electron chi connectivity index (χ4n) is 2.94. The minimum Gasteiger partial charge on any atom is -0.378 e. The standard InChI is InChI=1S/C15H20N2O2.ClH/c18-15(14-10-19-8-7-16-14)17-9-12-6-5-11-3-1-2-4-13(11)12;/h1-4,12,14,16H,5-10H2,(H,17,18);1H. The molecule has 2 unspecified atom stereocenters. The summed E-state index contributed by atoms with van der Waals surface area (Å²) in [5.41, 5.74) is 2.83. The Kier molecular flexibility index (Phi) is 5.40. The summed E-state index contributed by atoms with van der Waals surface area (Å²) in [6.45, 7) is 2.66. The summed E-state index contributed by atoms with van der Waals surface area (Å²) in [7, 11) is 0. The molecule has 2 aliphatic rings. The topological polar surface area (TPSA) is 50.4 Å². The van der Waals surface area contributed by atoms with E-state index >= 15 is 0 Å². The predicted molar refractivity (Wildman–Crippen MR) is 80.4 cm³/mol. The lowest BCUT2D eigenvalue weighted by atomic mass is 10.0. The van der Waals surface area contributed by atoms with Gasteiger partial charge in [-0.15, -0.1) is 12.4 Å². The number of amides is 1. The highest BCUT2D eigenvalue weighted by molar-refractivity contribution is 5.85. The van der Waals surface area contributed by atoms with E-state index in [2.05, 4.69) is 34.9 Å². The summed E-state index contributed by atoms with van der Waals surface area (Å²) in [6.07, 6.45) is 2.26. The molecule has 3 rings (SSSR count). The Morgan fingerprint density at radius 1 is 1.40 bits per heavy atom. The average Bonchev–Trinajstić information content (AvgIpc) is 2.89. The van der Waals surface area contributed by atoms with Crippen LogP contribution >= 0.6 is 12.4 Å². The first-order valence-corrected chi connectivity index (χ1v) is 7.01. The third kappa shape index (κ3) is 3.32. The molecule has 0 spiro atoms. The van der Waals surface area contributed by atoms with Gasteiger partial charge in [0.15, 0.2) is 0 Å². The lowest BCUT2D eigenvalue weighted by Crippen LogP contribution is -2.51. The first kappa shape index (κ1) is 15.3. The highest BCUT2D eigenvalue weighted by Gasteiger charge is 2.25. The Balaban J connectivity index is 0.00000147. The SMILES string of the molecule is Cl.O=C(NCC1CCc2ccccc21)C1COCCN1. The minimum absolute atomic E-state index is 0. The monoisotopic (exact) mass is 296 g/mol. The largest absolute Gasteiger partial charge is 0.378 e. The van der Waals surface area contributed by atoms with E-state index in [9.17, 15) is 4.79 Å². The molecule has 1 aliphatic carbocycles. The van der Waals surface area contributed by atoms with E-state index < -0.39 is 0 Å². The zero-order valence-corrected chi connectivity index (χ0v) is 12.2. The van der Waals surface area contributed by atoms with Gasteiger partial charge in [0, 0.05) is 19.0 Å². The molecule has 5 heteroatoms. The van der Waals surface area contributed by atoms with Crippen molar-refractivity contribution in [2.75, 3.05) is 26.3 Å². The number of benzene rings is 1. The fourth-order valence-corrected chi connectivity index (χ4v) is 2.94. The molecule has 0 radical (unpaired) electrons. The molecule has 0 saturated carbocycles. The molecule has 1 fully saturated rings. The van der Waals surface area contributed by atoms with Gasteiger partial charge in [0.05, 0.1) is 13.2 Å². The van der Waals surface area contributed by atoms with E-state index in [-0.39, 0.29) is 24.4 Å². The normalized spacial score (nSPS) is 24.6. The molecule has 0 bridgehead atoms. The highest BCUT2D eigenvalue weighted by Crippen LogP contribution is 2.32. The number of morpholine rings is 1. The summed E-state index contributed by atoms with van der Waals surface area (Å²) in [5, 5.41) is 6.23. The Morgan fingerprint density at radius 3 is 3.05 bits per heavy atom. The van der Waals surface area contributed by atoms with E-state index in [0.717, 1.165) is 25.9 Å². The number of carbonyl (C=O) groups is 1. The lowest BCUT2D eigenvalue weighted by molar-refractivity contribution is -0.125. The number of nitrogens with one attached hydrogen (secondary N) is 2. The average molecular weight is 297 g/mol. The second-order valence-corrected chi connectivity index (χ2v) is 5.26. The van der Waals surface area contributed by atoms with Crippen molar-refractivity contribution < 1.29 is 9.53 Å². The van der Waals surface area contributed by atoms with Crippen molar-refractivity contribution in [3.8, 4) is 0 Å². The first-order chi connectivity index (χ1) is 9.34. The van der Waals surface area contributed by atoms with Crippen molar-refractivity contribution in [3.63, 3.8) is 0 Å². The maximum Gasteiger partial charge on any atom is 0.239 e. The van der Waals surface area contributed by atoms with Gasteiger partial charge in [-0.3, -0.25) is 4.79 Å². The molecule has 2 atom stereocenters. The van der Waals surface area contributed by atoms with Crippen LogP contribution in [-0.2, 0) is 16.0 Å². The van der Waals surface area contributed by atoms with Gasteiger partial charge in [-0.25, -0.2) is 0 Å². The third-order valence-electron chi connectivity index (χ3n) is 4.02. The quantitative estimate of drug-likeness (QED) is 0.882. The summed E-state index contributed by atoms with van der Waals surface area (Å²) in [4.78, 5) is 12.0. The van der Waals surface area contributed by atoms with Crippen molar-refractivity contribution in [2.24, 2.45) is 0 Å². The summed E-state index contributed by atoms with van der Waals surface area (Å²) in [6, 6.07) is 8.35. The predicted octanol–water partition coefficient (Wildman–Crippen LogP) is 1.24. The van der Waals surface area contributed by atoms with Crippen LogP contribution in [0.5, 0.6) is 0 Å². The maximum absolute atomic E-state index is 12.0. The number of hydrogen-bond donors (Lipinski definition) is 2. The number of fused-ring (bicyclic) bond motifs is 1. The molecule has 1 aliphatic heterocycles. The Hall–Kier alpha value is -1.10. The third-order valence-corrected chi connectivity index (χ3v) is 4.02. The van der Waals surface area contributed by atoms with E-state index in [4.69, 9.17) is 4.74 Å². The van der Waals surface area contributed by atoms with Gasteiger partial charge < -0.3 is 15.4 Å². The minimum atomic E-state index is -0.189. The summed E-state index contributed by atoms with van der Waals surface area (Å²) >= 11 is 0. The number of halogens is 1. The number of aryl methyl sites for hydroxylation is 1. The van der Waals surface area contributed by atoms with Gasteiger partial charge in [-0.05, 0) is 24.0 Å². The number of rotatable bonds is 3. The fraction of sp³-hybridized carbons (Fsp3) is 0.533. The van der Waals surface area contributed by atoms with Crippen LogP contribution in [0.1, 0.15) is 23.5 Å². The molecular weight excluding hydrogens is 276 g/mol. The smallest absolute Gasteiger partial charge is 0.239 e. The first-order valence-electron chi connectivity index (χ1n) is 7.01. The van der Waals surface area contributed by atoms with Crippen molar-refractivity contribution in [1.82, 2.24) is 10.6 Å². The van der Waals surface area contributed by atoms with Crippen LogP contribution in [0.4, 0.5) is 0 Å². The van der Waals surface area contributed by atoms with Crippen LogP contribution in [0.3, 0.4) is 0 Å². The zero-order valence-electron chi connectivity index (χ0n) is 11.4. The van der Waals surface area contributed by atoms with Gasteiger partial charge in [0.2, 0.25) is 5.91 Å². The molecule has 0 aromatic heterocycles. The molecule has 2 N–H and O–H groups in total. The molecule has 1 aromatic carbocycles.